The fourth-order valence-electron chi connectivity index (χ4n) is 2.78. The fraction of sp³-hybridized carbons (Fsp3) is 0.857. The molecule has 5 heteroatoms. The van der Waals surface area contributed by atoms with Crippen LogP contribution in [0.1, 0.15) is 47.0 Å². The van der Waals surface area contributed by atoms with Gasteiger partial charge in [-0.25, -0.2) is 0 Å². The predicted molar refractivity (Wildman–Crippen MR) is 69.2 cm³/mol. The van der Waals surface area contributed by atoms with Crippen molar-refractivity contribution in [2.24, 2.45) is 17.1 Å². The summed E-state index contributed by atoms with van der Waals surface area (Å²) in [7, 11) is 0. The normalized spacial score (nSPS) is 33.7. The molecule has 2 saturated carbocycles. The van der Waals surface area contributed by atoms with Crippen LogP contribution in [0.4, 0.5) is 0 Å². The zero-order valence-corrected chi connectivity index (χ0v) is 12.1. The Morgan fingerprint density at radius 1 is 1.26 bits per heavy atom. The van der Waals surface area contributed by atoms with Gasteiger partial charge < -0.3 is 15.2 Å². The molecule has 2 rings (SSSR count). The van der Waals surface area contributed by atoms with Crippen molar-refractivity contribution in [3.05, 3.63) is 0 Å². The molecular formula is C14H23NO4. The maximum Gasteiger partial charge on any atom is 0.327 e. The monoisotopic (exact) mass is 269 g/mol. The zero-order chi connectivity index (χ0) is 14.5. The number of carbonyl (C=O) groups excluding carboxylic acids is 2. The highest BCUT2D eigenvalue weighted by atomic mass is 16.6. The van der Waals surface area contributed by atoms with E-state index in [4.69, 9.17) is 15.2 Å². The van der Waals surface area contributed by atoms with Gasteiger partial charge in [-0.1, -0.05) is 0 Å². The molecule has 0 bridgehead atoms. The van der Waals surface area contributed by atoms with E-state index in [9.17, 15) is 9.59 Å². The van der Waals surface area contributed by atoms with Crippen molar-refractivity contribution >= 4 is 11.9 Å². The van der Waals surface area contributed by atoms with E-state index in [1.807, 2.05) is 20.8 Å². The van der Waals surface area contributed by atoms with Crippen LogP contribution in [0.3, 0.4) is 0 Å². The highest BCUT2D eigenvalue weighted by Gasteiger charge is 2.80. The molecule has 0 aliphatic heterocycles. The van der Waals surface area contributed by atoms with Gasteiger partial charge in [-0.05, 0) is 52.9 Å². The van der Waals surface area contributed by atoms with Crippen molar-refractivity contribution in [1.29, 1.82) is 0 Å². The summed E-state index contributed by atoms with van der Waals surface area (Å²) < 4.78 is 10.5. The maximum absolute atomic E-state index is 12.4. The Morgan fingerprint density at radius 3 is 2.26 bits per heavy atom. The SMILES string of the molecule is CCOC(=O)C1(N)CC1(C(=O)OC(C)(C)C)C1CC1. The predicted octanol–water partition coefficient (Wildman–Crippen LogP) is 1.39. The third kappa shape index (κ3) is 2.24. The topological polar surface area (TPSA) is 78.6 Å². The van der Waals surface area contributed by atoms with Crippen molar-refractivity contribution in [1.82, 2.24) is 0 Å². The quantitative estimate of drug-likeness (QED) is 0.780. The summed E-state index contributed by atoms with van der Waals surface area (Å²) in [4.78, 5) is 24.4. The molecule has 0 heterocycles. The van der Waals surface area contributed by atoms with E-state index >= 15 is 0 Å². The van der Waals surface area contributed by atoms with Crippen molar-refractivity contribution in [2.75, 3.05) is 6.61 Å². The summed E-state index contributed by atoms with van der Waals surface area (Å²) in [6.45, 7) is 7.45. The Hall–Kier alpha value is -1.10. The molecule has 2 aliphatic rings. The lowest BCUT2D eigenvalue weighted by Crippen LogP contribution is -2.46. The van der Waals surface area contributed by atoms with Crippen LogP contribution in [-0.4, -0.2) is 29.7 Å². The van der Waals surface area contributed by atoms with E-state index < -0.39 is 22.5 Å². The molecule has 5 nitrogen and oxygen atoms in total. The van der Waals surface area contributed by atoms with Gasteiger partial charge in [-0.3, -0.25) is 9.59 Å². The zero-order valence-electron chi connectivity index (χ0n) is 12.1. The molecule has 0 saturated heterocycles. The van der Waals surface area contributed by atoms with Gasteiger partial charge in [0.2, 0.25) is 0 Å². The molecule has 2 unspecified atom stereocenters. The molecule has 2 fully saturated rings. The summed E-state index contributed by atoms with van der Waals surface area (Å²) >= 11 is 0. The second-order valence-corrected chi connectivity index (χ2v) is 6.62. The minimum Gasteiger partial charge on any atom is -0.465 e. The standard InChI is InChI=1S/C14H23NO4/c1-5-18-11(17)14(15)8-13(14,9-6-7-9)10(16)19-12(2,3)4/h9H,5-8,15H2,1-4H3. The fourth-order valence-corrected chi connectivity index (χ4v) is 2.78. The van der Waals surface area contributed by atoms with Gasteiger partial charge in [0.05, 0.1) is 6.61 Å². The molecular weight excluding hydrogens is 246 g/mol. The highest BCUT2D eigenvalue weighted by Crippen LogP contribution is 2.67. The lowest BCUT2D eigenvalue weighted by molar-refractivity contribution is -0.166. The van der Waals surface area contributed by atoms with E-state index in [-0.39, 0.29) is 18.5 Å². The minimum absolute atomic E-state index is 0.164. The number of nitrogens with two attached hydrogens (primary N) is 1. The summed E-state index contributed by atoms with van der Waals surface area (Å²) in [6, 6.07) is 0. The van der Waals surface area contributed by atoms with Gasteiger partial charge in [0.1, 0.15) is 16.6 Å². The van der Waals surface area contributed by atoms with Crippen LogP contribution in [-0.2, 0) is 19.1 Å². The molecule has 2 N–H and O–H groups in total. The number of hydrogen-bond donors (Lipinski definition) is 1. The van der Waals surface area contributed by atoms with Gasteiger partial charge in [0.25, 0.3) is 0 Å². The average Bonchev–Trinajstić information content (AvgIpc) is 3.09. The first-order valence-corrected chi connectivity index (χ1v) is 6.87. The molecule has 108 valence electrons. The summed E-state index contributed by atoms with van der Waals surface area (Å²) in [5.41, 5.74) is 3.53. The summed E-state index contributed by atoms with van der Waals surface area (Å²) in [5.74, 6) is -0.664. The van der Waals surface area contributed by atoms with Crippen molar-refractivity contribution < 1.29 is 19.1 Å². The Labute approximate surface area is 113 Å². The molecule has 0 aromatic carbocycles. The van der Waals surface area contributed by atoms with Crippen LogP contribution in [0.25, 0.3) is 0 Å². The molecule has 0 aromatic rings. The van der Waals surface area contributed by atoms with E-state index in [0.29, 0.717) is 6.42 Å². The Kier molecular flexibility index (Phi) is 3.16. The molecule has 0 amide bonds. The molecule has 2 aliphatic carbocycles. The second-order valence-electron chi connectivity index (χ2n) is 6.62. The van der Waals surface area contributed by atoms with Crippen LogP contribution >= 0.6 is 0 Å². The highest BCUT2D eigenvalue weighted by molar-refractivity contribution is 5.98. The number of rotatable bonds is 4. The lowest BCUT2D eigenvalue weighted by atomic mass is 9.93. The van der Waals surface area contributed by atoms with E-state index in [1.165, 1.54) is 0 Å². The second kappa shape index (κ2) is 4.20. The van der Waals surface area contributed by atoms with Gasteiger partial charge in [-0.2, -0.15) is 0 Å². The Morgan fingerprint density at radius 2 is 1.84 bits per heavy atom. The Bertz CT molecular complexity index is 410. The van der Waals surface area contributed by atoms with Gasteiger partial charge in [0, 0.05) is 0 Å². The van der Waals surface area contributed by atoms with Crippen LogP contribution in [0.2, 0.25) is 0 Å². The van der Waals surface area contributed by atoms with Crippen molar-refractivity contribution in [3.63, 3.8) is 0 Å². The number of ether oxygens (including phenoxy) is 2. The summed E-state index contributed by atoms with van der Waals surface area (Å²) in [6.07, 6.45) is 2.20. The number of esters is 2. The van der Waals surface area contributed by atoms with E-state index in [1.54, 1.807) is 6.92 Å². The van der Waals surface area contributed by atoms with Gasteiger partial charge in [0.15, 0.2) is 0 Å². The lowest BCUT2D eigenvalue weighted by Gasteiger charge is -2.26. The van der Waals surface area contributed by atoms with Gasteiger partial charge in [-0.15, -0.1) is 0 Å². The van der Waals surface area contributed by atoms with E-state index in [2.05, 4.69) is 0 Å². The molecule has 2 atom stereocenters. The summed E-state index contributed by atoms with van der Waals surface area (Å²) in [5, 5.41) is 0. The third-order valence-electron chi connectivity index (χ3n) is 3.91. The number of hydrogen-bond acceptors (Lipinski definition) is 5. The van der Waals surface area contributed by atoms with Crippen LogP contribution < -0.4 is 5.73 Å². The first-order chi connectivity index (χ1) is 8.67. The maximum atomic E-state index is 12.4. The first-order valence-electron chi connectivity index (χ1n) is 6.87. The first kappa shape index (κ1) is 14.3. The average molecular weight is 269 g/mol. The van der Waals surface area contributed by atoms with Gasteiger partial charge >= 0.3 is 11.9 Å². The van der Waals surface area contributed by atoms with Crippen LogP contribution in [0.15, 0.2) is 0 Å². The van der Waals surface area contributed by atoms with Crippen molar-refractivity contribution in [2.45, 2.75) is 58.1 Å². The molecule has 0 aromatic heterocycles. The largest absolute Gasteiger partial charge is 0.465 e. The molecule has 0 radical (unpaired) electrons. The molecule has 0 spiro atoms. The van der Waals surface area contributed by atoms with E-state index in [0.717, 1.165) is 12.8 Å². The van der Waals surface area contributed by atoms with Crippen LogP contribution in [0.5, 0.6) is 0 Å². The Balaban J connectivity index is 2.18. The van der Waals surface area contributed by atoms with Crippen molar-refractivity contribution in [3.8, 4) is 0 Å². The van der Waals surface area contributed by atoms with Crippen LogP contribution in [0, 0.1) is 11.3 Å². The number of carbonyl (C=O) groups is 2. The smallest absolute Gasteiger partial charge is 0.327 e. The minimum atomic E-state index is -1.19. The molecule has 19 heavy (non-hydrogen) atoms. The third-order valence-corrected chi connectivity index (χ3v) is 3.91.